The van der Waals surface area contributed by atoms with E-state index in [1.807, 2.05) is 27.1 Å². The highest BCUT2D eigenvalue weighted by molar-refractivity contribution is 5.57. The lowest BCUT2D eigenvalue weighted by Crippen LogP contribution is -2.39. The highest BCUT2D eigenvalue weighted by Gasteiger charge is 2.20. The van der Waals surface area contributed by atoms with Gasteiger partial charge in [0.2, 0.25) is 0 Å². The molecular weight excluding hydrogens is 328 g/mol. The van der Waals surface area contributed by atoms with Gasteiger partial charge in [0.05, 0.1) is 4.92 Å². The number of hydrogen-bond acceptors (Lipinski definition) is 5. The fraction of sp³-hybridized carbons (Fsp3) is 0.400. The van der Waals surface area contributed by atoms with Gasteiger partial charge in [-0.3, -0.25) is 10.1 Å². The third kappa shape index (κ3) is 4.07. The molecule has 0 saturated carbocycles. The van der Waals surface area contributed by atoms with Gasteiger partial charge in [0, 0.05) is 62.4 Å². The van der Waals surface area contributed by atoms with Crippen molar-refractivity contribution in [3.63, 3.8) is 0 Å². The number of nitrogens with one attached hydrogen (secondary N) is 1. The second-order valence-electron chi connectivity index (χ2n) is 7.07. The van der Waals surface area contributed by atoms with Gasteiger partial charge < -0.3 is 15.1 Å². The first-order valence-corrected chi connectivity index (χ1v) is 8.98. The Kier molecular flexibility index (Phi) is 5.30. The van der Waals surface area contributed by atoms with E-state index in [1.165, 1.54) is 11.4 Å². The molecule has 0 radical (unpaired) electrons. The summed E-state index contributed by atoms with van der Waals surface area (Å²) >= 11 is 0. The molecule has 0 atom stereocenters. The summed E-state index contributed by atoms with van der Waals surface area (Å²) in [6.45, 7) is 3.92. The molecule has 26 heavy (non-hydrogen) atoms. The zero-order valence-corrected chi connectivity index (χ0v) is 15.6. The van der Waals surface area contributed by atoms with E-state index < -0.39 is 0 Å². The van der Waals surface area contributed by atoms with Crippen molar-refractivity contribution in [1.29, 1.82) is 0 Å². The molecule has 0 bridgehead atoms. The fourth-order valence-corrected chi connectivity index (χ4v) is 3.39. The highest BCUT2D eigenvalue weighted by atomic mass is 16.6. The van der Waals surface area contributed by atoms with E-state index in [4.69, 9.17) is 0 Å². The minimum Gasteiger partial charge on any atom is -0.382 e. The van der Waals surface area contributed by atoms with E-state index in [2.05, 4.69) is 39.4 Å². The van der Waals surface area contributed by atoms with Crippen LogP contribution in [0.5, 0.6) is 0 Å². The normalized spacial score (nSPS) is 15.0. The number of hydrogen-bond donors (Lipinski definition) is 1. The van der Waals surface area contributed by atoms with Gasteiger partial charge in [-0.1, -0.05) is 0 Å². The van der Waals surface area contributed by atoms with Gasteiger partial charge >= 0.3 is 0 Å². The number of rotatable bonds is 5. The van der Waals surface area contributed by atoms with Crippen LogP contribution in [0.25, 0.3) is 0 Å². The average Bonchev–Trinajstić information content (AvgIpc) is 2.64. The number of benzene rings is 2. The lowest BCUT2D eigenvalue weighted by atomic mass is 10.0. The summed E-state index contributed by atoms with van der Waals surface area (Å²) < 4.78 is 0. The predicted octanol–water partition coefficient (Wildman–Crippen LogP) is 4.05. The standard InChI is InChI=1S/C20H26N4O2/c1-15-14-19(24(25)26)8-9-20(15)21-16-10-12-23(13-11-16)18-6-4-17(5-7-18)22(2)3/h4-9,14,16,21H,10-13H2,1-3H3. The van der Waals surface area contributed by atoms with E-state index in [-0.39, 0.29) is 10.6 Å². The van der Waals surface area contributed by atoms with Crippen LogP contribution >= 0.6 is 0 Å². The van der Waals surface area contributed by atoms with Gasteiger partial charge in [-0.05, 0) is 55.7 Å². The minimum atomic E-state index is -0.350. The Hall–Kier alpha value is -2.76. The van der Waals surface area contributed by atoms with Crippen molar-refractivity contribution in [2.45, 2.75) is 25.8 Å². The van der Waals surface area contributed by atoms with E-state index in [1.54, 1.807) is 12.1 Å². The Balaban J connectivity index is 1.58. The van der Waals surface area contributed by atoms with Gasteiger partial charge in [-0.2, -0.15) is 0 Å². The number of piperidine rings is 1. The third-order valence-electron chi connectivity index (χ3n) is 5.01. The van der Waals surface area contributed by atoms with Gasteiger partial charge in [-0.15, -0.1) is 0 Å². The first-order valence-electron chi connectivity index (χ1n) is 8.98. The van der Waals surface area contributed by atoms with Crippen molar-refractivity contribution in [3.8, 4) is 0 Å². The SMILES string of the molecule is Cc1cc([N+](=O)[O-])ccc1NC1CCN(c2ccc(N(C)C)cc2)CC1. The molecule has 1 fully saturated rings. The molecule has 2 aromatic carbocycles. The topological polar surface area (TPSA) is 61.7 Å². The first-order chi connectivity index (χ1) is 12.4. The maximum Gasteiger partial charge on any atom is 0.269 e. The lowest BCUT2D eigenvalue weighted by molar-refractivity contribution is -0.384. The van der Waals surface area contributed by atoms with Crippen molar-refractivity contribution in [1.82, 2.24) is 0 Å². The number of nitro benzene ring substituents is 1. The largest absolute Gasteiger partial charge is 0.382 e. The Morgan fingerprint density at radius 1 is 1.12 bits per heavy atom. The summed E-state index contributed by atoms with van der Waals surface area (Å²) in [5, 5.41) is 14.4. The summed E-state index contributed by atoms with van der Waals surface area (Å²) in [7, 11) is 4.10. The number of non-ortho nitro benzene ring substituents is 1. The van der Waals surface area contributed by atoms with Crippen molar-refractivity contribution < 1.29 is 4.92 Å². The molecule has 0 unspecified atom stereocenters. The van der Waals surface area contributed by atoms with Crippen LogP contribution in [0.3, 0.4) is 0 Å². The summed E-state index contributed by atoms with van der Waals surface area (Å²) in [4.78, 5) is 15.0. The average molecular weight is 354 g/mol. The zero-order valence-electron chi connectivity index (χ0n) is 15.6. The molecule has 1 aliphatic rings. The number of anilines is 3. The van der Waals surface area contributed by atoms with Crippen LogP contribution < -0.4 is 15.1 Å². The van der Waals surface area contributed by atoms with Crippen LogP contribution in [0.2, 0.25) is 0 Å². The molecule has 0 aliphatic carbocycles. The molecule has 6 heteroatoms. The summed E-state index contributed by atoms with van der Waals surface area (Å²) in [6.07, 6.45) is 2.09. The van der Waals surface area contributed by atoms with Crippen LogP contribution in [0.15, 0.2) is 42.5 Å². The van der Waals surface area contributed by atoms with E-state index in [0.29, 0.717) is 6.04 Å². The van der Waals surface area contributed by atoms with Crippen molar-refractivity contribution in [2.24, 2.45) is 0 Å². The Morgan fingerprint density at radius 3 is 2.31 bits per heavy atom. The van der Waals surface area contributed by atoms with Crippen LogP contribution in [0, 0.1) is 17.0 Å². The van der Waals surface area contributed by atoms with E-state index in [9.17, 15) is 10.1 Å². The lowest BCUT2D eigenvalue weighted by Gasteiger charge is -2.34. The molecule has 1 saturated heterocycles. The van der Waals surface area contributed by atoms with Crippen LogP contribution in [-0.2, 0) is 0 Å². The molecule has 1 heterocycles. The number of aryl methyl sites for hydroxylation is 1. The number of nitrogens with zero attached hydrogens (tertiary/aromatic N) is 3. The smallest absolute Gasteiger partial charge is 0.269 e. The second-order valence-corrected chi connectivity index (χ2v) is 7.07. The summed E-state index contributed by atoms with van der Waals surface area (Å²) in [5.74, 6) is 0. The molecule has 1 N–H and O–H groups in total. The molecule has 0 spiro atoms. The highest BCUT2D eigenvalue weighted by Crippen LogP contribution is 2.26. The van der Waals surface area contributed by atoms with E-state index in [0.717, 1.165) is 37.2 Å². The maximum absolute atomic E-state index is 10.9. The third-order valence-corrected chi connectivity index (χ3v) is 5.01. The number of nitro groups is 1. The van der Waals surface area contributed by atoms with E-state index >= 15 is 0 Å². The van der Waals surface area contributed by atoms with Gasteiger partial charge in [0.1, 0.15) is 0 Å². The molecule has 0 aromatic heterocycles. The monoisotopic (exact) mass is 354 g/mol. The first kappa shape index (κ1) is 18.0. The summed E-state index contributed by atoms with van der Waals surface area (Å²) in [6, 6.07) is 14.1. The van der Waals surface area contributed by atoms with Crippen molar-refractivity contribution in [3.05, 3.63) is 58.1 Å². The molecule has 1 aliphatic heterocycles. The second kappa shape index (κ2) is 7.64. The molecular formula is C20H26N4O2. The van der Waals surface area contributed by atoms with Crippen LogP contribution in [0.4, 0.5) is 22.7 Å². The Morgan fingerprint density at radius 2 is 1.77 bits per heavy atom. The van der Waals surface area contributed by atoms with Gasteiger partial charge in [-0.25, -0.2) is 0 Å². The minimum absolute atomic E-state index is 0.143. The zero-order chi connectivity index (χ0) is 18.7. The quantitative estimate of drug-likeness (QED) is 0.648. The predicted molar refractivity (Wildman–Crippen MR) is 107 cm³/mol. The molecule has 0 amide bonds. The molecule has 138 valence electrons. The Bertz CT molecular complexity index is 766. The fourth-order valence-electron chi connectivity index (χ4n) is 3.39. The maximum atomic E-state index is 10.9. The Labute approximate surface area is 154 Å². The van der Waals surface area contributed by atoms with Gasteiger partial charge in [0.15, 0.2) is 0 Å². The molecule has 6 nitrogen and oxygen atoms in total. The molecule has 3 rings (SSSR count). The van der Waals surface area contributed by atoms with Crippen LogP contribution in [-0.4, -0.2) is 38.2 Å². The molecule has 2 aromatic rings. The van der Waals surface area contributed by atoms with Crippen molar-refractivity contribution in [2.75, 3.05) is 42.3 Å². The van der Waals surface area contributed by atoms with Crippen molar-refractivity contribution >= 4 is 22.7 Å². The van der Waals surface area contributed by atoms with Gasteiger partial charge in [0.25, 0.3) is 5.69 Å². The summed E-state index contributed by atoms with van der Waals surface area (Å²) in [5.41, 5.74) is 4.52. The van der Waals surface area contributed by atoms with Crippen LogP contribution in [0.1, 0.15) is 18.4 Å².